The number of aromatic nitrogens is 4. The van der Waals surface area contributed by atoms with Crippen LogP contribution in [0.1, 0.15) is 79.0 Å². The number of pyridine rings is 1. The first-order valence-electron chi connectivity index (χ1n) is 17.0. The van der Waals surface area contributed by atoms with E-state index < -0.39 is 0 Å². The van der Waals surface area contributed by atoms with Gasteiger partial charge in [0.25, 0.3) is 6.33 Å². The fourth-order valence-corrected chi connectivity index (χ4v) is 6.16. The van der Waals surface area contributed by atoms with Crippen LogP contribution >= 0.6 is 0 Å². The topological polar surface area (TPSA) is 35.9 Å². The van der Waals surface area contributed by atoms with Gasteiger partial charge in [-0.15, -0.1) is 29.7 Å². The molecular formula is C44H44N4OPt-2. The predicted molar refractivity (Wildman–Crippen MR) is 199 cm³/mol. The summed E-state index contributed by atoms with van der Waals surface area (Å²) in [6.45, 7) is 20.0. The van der Waals surface area contributed by atoms with Crippen molar-refractivity contribution in [3.8, 4) is 28.7 Å². The summed E-state index contributed by atoms with van der Waals surface area (Å²) in [5, 5.41) is 2.25. The minimum absolute atomic E-state index is 0. The van der Waals surface area contributed by atoms with Crippen molar-refractivity contribution < 1.29 is 30.4 Å². The van der Waals surface area contributed by atoms with E-state index in [1.807, 2.05) is 33.8 Å². The maximum absolute atomic E-state index is 6.61. The Morgan fingerprint density at radius 3 is 2.06 bits per heavy atom. The molecule has 7 rings (SSSR count). The Morgan fingerprint density at radius 2 is 1.36 bits per heavy atom. The van der Waals surface area contributed by atoms with E-state index in [0.717, 1.165) is 44.6 Å². The average Bonchev–Trinajstić information content (AvgIpc) is 3.67. The van der Waals surface area contributed by atoms with E-state index in [1.165, 1.54) is 11.1 Å². The van der Waals surface area contributed by atoms with E-state index in [4.69, 9.17) is 9.72 Å². The van der Waals surface area contributed by atoms with E-state index >= 15 is 0 Å². The number of rotatable bonds is 5. The van der Waals surface area contributed by atoms with Crippen LogP contribution in [0.15, 0.2) is 104 Å². The second-order valence-corrected chi connectivity index (χ2v) is 16.0. The van der Waals surface area contributed by atoms with Crippen molar-refractivity contribution in [1.29, 1.82) is 0 Å². The molecule has 5 nitrogen and oxygen atoms in total. The van der Waals surface area contributed by atoms with Crippen molar-refractivity contribution in [2.75, 3.05) is 0 Å². The van der Waals surface area contributed by atoms with Gasteiger partial charge in [0.15, 0.2) is 0 Å². The van der Waals surface area contributed by atoms with Gasteiger partial charge >= 0.3 is 0 Å². The van der Waals surface area contributed by atoms with Gasteiger partial charge in [-0.05, 0) is 68.8 Å². The fourth-order valence-electron chi connectivity index (χ4n) is 6.16. The molecule has 6 heteroatoms. The predicted octanol–water partition coefficient (Wildman–Crippen LogP) is 10.3. The van der Waals surface area contributed by atoms with Crippen LogP contribution in [0.5, 0.6) is 11.5 Å². The summed E-state index contributed by atoms with van der Waals surface area (Å²) >= 11 is 0. The molecule has 0 N–H and O–H groups in total. The van der Waals surface area contributed by atoms with Crippen LogP contribution in [0.2, 0.25) is 0 Å². The number of ether oxygens (including phenoxy) is 1. The second-order valence-electron chi connectivity index (χ2n) is 16.0. The zero-order chi connectivity index (χ0) is 34.7. The molecule has 7 aromatic rings. The van der Waals surface area contributed by atoms with Crippen molar-refractivity contribution in [1.82, 2.24) is 14.1 Å². The maximum atomic E-state index is 6.61. The molecule has 0 aliphatic rings. The van der Waals surface area contributed by atoms with E-state index in [1.54, 1.807) is 0 Å². The number of benzene rings is 4. The minimum atomic E-state index is -0.113. The molecule has 0 fully saturated rings. The summed E-state index contributed by atoms with van der Waals surface area (Å²) in [6, 6.07) is 36.9. The van der Waals surface area contributed by atoms with Crippen LogP contribution in [-0.4, -0.2) is 14.1 Å². The maximum Gasteiger partial charge on any atom is 0.267 e. The number of imidazole rings is 1. The number of fused-ring (bicyclic) bond motifs is 3. The zero-order valence-electron chi connectivity index (χ0n) is 30.3. The minimum Gasteiger partial charge on any atom is -0.510 e. The third kappa shape index (κ3) is 6.94. The smallest absolute Gasteiger partial charge is 0.267 e. The first-order valence-corrected chi connectivity index (χ1v) is 17.0. The van der Waals surface area contributed by atoms with Gasteiger partial charge in [-0.1, -0.05) is 98.2 Å². The van der Waals surface area contributed by atoms with Gasteiger partial charge in [-0.3, -0.25) is 4.57 Å². The molecule has 258 valence electrons. The van der Waals surface area contributed by atoms with Crippen molar-refractivity contribution in [3.63, 3.8) is 0 Å². The van der Waals surface area contributed by atoms with E-state index in [-0.39, 0.29) is 37.3 Å². The van der Waals surface area contributed by atoms with Gasteiger partial charge in [-0.25, -0.2) is 4.98 Å². The fraction of sp³-hybridized carbons (Fsp3) is 0.273. The Hall–Kier alpha value is -4.47. The molecule has 0 bridgehead atoms. The number of hydrogen-bond acceptors (Lipinski definition) is 2. The van der Waals surface area contributed by atoms with Gasteiger partial charge in [0, 0.05) is 56.7 Å². The molecule has 0 spiro atoms. The van der Waals surface area contributed by atoms with Crippen LogP contribution in [0.25, 0.3) is 39.0 Å². The quantitative estimate of drug-likeness (QED) is 0.128. The first kappa shape index (κ1) is 35.4. The van der Waals surface area contributed by atoms with Gasteiger partial charge in [0.1, 0.15) is 5.82 Å². The number of para-hydroxylation sites is 1. The Morgan fingerprint density at radius 1 is 0.660 bits per heavy atom. The second kappa shape index (κ2) is 13.0. The summed E-state index contributed by atoms with van der Waals surface area (Å²) in [7, 11) is 0. The van der Waals surface area contributed by atoms with Crippen molar-refractivity contribution in [2.45, 2.75) is 78.6 Å². The Bertz CT molecular complexity index is 2310. The van der Waals surface area contributed by atoms with Crippen molar-refractivity contribution in [3.05, 3.63) is 139 Å². The van der Waals surface area contributed by atoms with E-state index in [2.05, 4.69) is 164 Å². The third-order valence-corrected chi connectivity index (χ3v) is 9.16. The van der Waals surface area contributed by atoms with Crippen molar-refractivity contribution in [2.24, 2.45) is 0 Å². The van der Waals surface area contributed by atoms with Crippen molar-refractivity contribution >= 4 is 21.8 Å². The summed E-state index contributed by atoms with van der Waals surface area (Å²) < 4.78 is 12.8. The molecule has 0 aliphatic heterocycles. The molecule has 0 atom stereocenters. The van der Waals surface area contributed by atoms with E-state index in [0.29, 0.717) is 11.5 Å². The number of nitrogens with zero attached hydrogens (tertiary/aromatic N) is 4. The molecule has 50 heavy (non-hydrogen) atoms. The Balaban J connectivity index is 0.00000432. The molecular weight excluding hydrogens is 796 g/mol. The standard InChI is InChI=1S/C44H44N4O.Pt/c1-42(2,3)30-14-16-33(17-15-30)46-22-23-47(29-46)34-24-32(44(7,8)9)25-36(27-34)49-35-18-19-38-37-12-10-11-13-39(37)48(40(38)28-35)41-26-31(20-21-45-41)43(4,5)6;/h10-26H,1-9H3;/q-2;. The summed E-state index contributed by atoms with van der Waals surface area (Å²) in [5.41, 5.74) is 7.55. The monoisotopic (exact) mass is 839 g/mol. The normalized spacial score (nSPS) is 12.3. The largest absolute Gasteiger partial charge is 0.510 e. The molecule has 0 saturated heterocycles. The van der Waals surface area contributed by atoms with Gasteiger partial charge in [0.2, 0.25) is 0 Å². The molecule has 0 amide bonds. The van der Waals surface area contributed by atoms with Crippen LogP contribution in [0.3, 0.4) is 0 Å². The van der Waals surface area contributed by atoms with Crippen LogP contribution in [-0.2, 0) is 37.3 Å². The van der Waals surface area contributed by atoms with Crippen LogP contribution < -0.4 is 9.30 Å². The van der Waals surface area contributed by atoms with E-state index in [9.17, 15) is 0 Å². The SMILES string of the molecule is CC(C)(C)c1ccc(-[n+]2[c-]n(-c3[c-]c(Oc4[c-]c5c(cc4)c4ccccc4n5-c4cc(C(C)(C)C)ccn4)cc(C(C)(C)C)c3)cc2)cc1.[Pt]. The van der Waals surface area contributed by atoms with Crippen LogP contribution in [0.4, 0.5) is 0 Å². The van der Waals surface area contributed by atoms with Gasteiger partial charge in [0.05, 0.1) is 5.69 Å². The first-order chi connectivity index (χ1) is 23.1. The Labute approximate surface area is 310 Å². The summed E-state index contributed by atoms with van der Waals surface area (Å²) in [6.07, 6.45) is 9.41. The molecule has 3 aromatic heterocycles. The van der Waals surface area contributed by atoms with Gasteiger partial charge < -0.3 is 13.9 Å². The molecule has 0 radical (unpaired) electrons. The molecule has 4 aromatic carbocycles. The molecule has 0 aliphatic carbocycles. The summed E-state index contributed by atoms with van der Waals surface area (Å²) in [4.78, 5) is 4.82. The average molecular weight is 840 g/mol. The molecule has 0 saturated carbocycles. The Kier molecular flexibility index (Phi) is 9.20. The van der Waals surface area contributed by atoms with Crippen LogP contribution in [0, 0.1) is 18.5 Å². The summed E-state index contributed by atoms with van der Waals surface area (Å²) in [5.74, 6) is 2.10. The zero-order valence-corrected chi connectivity index (χ0v) is 32.6. The van der Waals surface area contributed by atoms with Gasteiger partial charge in [-0.2, -0.15) is 17.7 Å². The number of hydrogen-bond donors (Lipinski definition) is 0. The molecule has 0 unspecified atom stereocenters. The third-order valence-electron chi connectivity index (χ3n) is 9.16. The molecule has 3 heterocycles.